The van der Waals surface area contributed by atoms with Gasteiger partial charge in [0.15, 0.2) is 5.17 Å². The van der Waals surface area contributed by atoms with E-state index in [1.165, 1.54) is 16.5 Å². The van der Waals surface area contributed by atoms with E-state index in [9.17, 15) is 13.2 Å². The van der Waals surface area contributed by atoms with Crippen LogP contribution in [-0.2, 0) is 20.2 Å². The predicted octanol–water partition coefficient (Wildman–Crippen LogP) is 4.75. The molecule has 0 aliphatic carbocycles. The summed E-state index contributed by atoms with van der Waals surface area (Å²) >= 11 is 2.15. The summed E-state index contributed by atoms with van der Waals surface area (Å²) in [6.45, 7) is 8.15. The second kappa shape index (κ2) is 8.38. The predicted molar refractivity (Wildman–Crippen MR) is 132 cm³/mol. The van der Waals surface area contributed by atoms with Crippen LogP contribution in [-0.4, -0.2) is 38.0 Å². The highest BCUT2D eigenvalue weighted by Gasteiger charge is 2.38. The third kappa shape index (κ3) is 3.85. The van der Waals surface area contributed by atoms with E-state index in [1.54, 1.807) is 23.6 Å². The molecule has 32 heavy (non-hydrogen) atoms. The zero-order valence-corrected chi connectivity index (χ0v) is 20.4. The first kappa shape index (κ1) is 22.6. The molecule has 0 atom stereocenters. The van der Waals surface area contributed by atoms with Gasteiger partial charge in [0.05, 0.1) is 4.91 Å². The fourth-order valence-corrected chi connectivity index (χ4v) is 6.99. The second-order valence-electron chi connectivity index (χ2n) is 7.87. The van der Waals surface area contributed by atoms with Crippen molar-refractivity contribution in [2.24, 2.45) is 4.40 Å². The largest absolute Gasteiger partial charge is 0.347 e. The Bertz CT molecular complexity index is 1270. The lowest BCUT2D eigenvalue weighted by molar-refractivity contribution is -0.121. The lowest BCUT2D eigenvalue weighted by atomic mass is 9.84. The number of thioether (sulfide) groups is 1. The van der Waals surface area contributed by atoms with E-state index in [0.29, 0.717) is 4.91 Å². The van der Waals surface area contributed by atoms with Gasteiger partial charge in [-0.1, -0.05) is 44.2 Å². The molecule has 9 heteroatoms. The average Bonchev–Trinajstić information content (AvgIpc) is 3.43. The molecule has 6 nitrogen and oxygen atoms in total. The molecule has 0 unspecified atom stereocenters. The molecule has 0 spiro atoms. The zero-order valence-electron chi connectivity index (χ0n) is 18.0. The van der Waals surface area contributed by atoms with Crippen LogP contribution in [0.25, 0.3) is 0 Å². The van der Waals surface area contributed by atoms with Gasteiger partial charge in [-0.25, -0.2) is 0 Å². The molecule has 0 N–H and O–H groups in total. The molecule has 0 saturated carbocycles. The number of benzene rings is 1. The van der Waals surface area contributed by atoms with Crippen LogP contribution < -0.4 is 4.90 Å². The maximum atomic E-state index is 13.0. The van der Waals surface area contributed by atoms with Crippen LogP contribution in [0.2, 0.25) is 0 Å². The second-order valence-corrected chi connectivity index (χ2v) is 11.7. The summed E-state index contributed by atoms with van der Waals surface area (Å²) < 4.78 is 29.4. The molecule has 2 aromatic rings. The van der Waals surface area contributed by atoms with Crippen molar-refractivity contribution in [3.63, 3.8) is 0 Å². The first-order valence-corrected chi connectivity index (χ1v) is 13.0. The average molecular weight is 486 g/mol. The Kier molecular flexibility index (Phi) is 5.91. The monoisotopic (exact) mass is 485 g/mol. The molecule has 1 amide bonds. The van der Waals surface area contributed by atoms with Crippen LogP contribution in [0.15, 0.2) is 85.8 Å². The van der Waals surface area contributed by atoms with Crippen molar-refractivity contribution in [2.75, 3.05) is 18.5 Å². The summed E-state index contributed by atoms with van der Waals surface area (Å²) in [5.41, 5.74) is 3.17. The maximum Gasteiger partial charge on any atom is 0.294 e. The number of likely N-dealkylation sites (N-methyl/N-ethyl adjacent to an activating group) is 1. The number of carbonyl (C=O) groups excluding carboxylic acids is 1. The lowest BCUT2D eigenvalue weighted by Crippen LogP contribution is -2.29. The van der Waals surface area contributed by atoms with Crippen molar-refractivity contribution in [3.8, 4) is 0 Å². The van der Waals surface area contributed by atoms with Gasteiger partial charge < -0.3 is 4.90 Å². The number of fused-ring (bicyclic) bond motifs is 1. The quantitative estimate of drug-likeness (QED) is 0.452. The molecule has 1 aromatic heterocycles. The Morgan fingerprint density at radius 2 is 1.91 bits per heavy atom. The number of anilines is 1. The fraction of sp³-hybridized carbons (Fsp3) is 0.217. The lowest BCUT2D eigenvalue weighted by Gasteiger charge is -2.23. The van der Waals surface area contributed by atoms with Crippen molar-refractivity contribution in [1.82, 2.24) is 4.90 Å². The third-order valence-corrected chi connectivity index (χ3v) is 9.26. The Balaban J connectivity index is 1.70. The molecular weight excluding hydrogens is 462 g/mol. The van der Waals surface area contributed by atoms with Gasteiger partial charge in [0, 0.05) is 30.4 Å². The zero-order chi connectivity index (χ0) is 23.1. The number of nitrogens with zero attached hydrogens (tertiary/aromatic N) is 3. The highest BCUT2D eigenvalue weighted by atomic mass is 32.2. The summed E-state index contributed by atoms with van der Waals surface area (Å²) in [4.78, 5) is 16.9. The van der Waals surface area contributed by atoms with Crippen LogP contribution >= 0.6 is 23.1 Å². The number of carbonyl (C=O) groups is 1. The third-order valence-electron chi connectivity index (χ3n) is 5.48. The number of rotatable bonds is 5. The van der Waals surface area contributed by atoms with Crippen LogP contribution in [0, 0.1) is 0 Å². The van der Waals surface area contributed by atoms with E-state index < -0.39 is 10.0 Å². The van der Waals surface area contributed by atoms with Gasteiger partial charge in [0.25, 0.3) is 15.9 Å². The molecule has 3 heterocycles. The standard InChI is InChI=1S/C23H23N3O3S3/c1-5-14-26-21(27)18(31-22(26)24-32(28,29)20-11-8-15-30-20)12-13-19-23(2,3)16-9-6-7-10-17(16)25(19)4/h5-13,15H,1,14H2,2-4H3/b18-12-,19-13+,24-22+. The molecule has 2 aliphatic rings. The van der Waals surface area contributed by atoms with Crippen molar-refractivity contribution in [2.45, 2.75) is 23.5 Å². The summed E-state index contributed by atoms with van der Waals surface area (Å²) in [7, 11) is -1.88. The van der Waals surface area contributed by atoms with E-state index in [0.717, 1.165) is 34.5 Å². The molecule has 2 aliphatic heterocycles. The SMILES string of the molecule is C=CCN1C(=O)/C(=C/C=C2/N(C)c3ccccc3C2(C)C)S/C1=N/S(=O)(=O)c1cccs1. The molecular formula is C23H23N3O3S3. The molecule has 4 rings (SSSR count). The summed E-state index contributed by atoms with van der Waals surface area (Å²) in [5, 5.41) is 1.81. The van der Waals surface area contributed by atoms with Gasteiger partial charge in [-0.15, -0.1) is 22.3 Å². The highest BCUT2D eigenvalue weighted by molar-refractivity contribution is 8.19. The summed E-state index contributed by atoms with van der Waals surface area (Å²) in [5.74, 6) is -0.289. The minimum atomic E-state index is -3.89. The minimum absolute atomic E-state index is 0.135. The number of hydrogen-bond donors (Lipinski definition) is 0. The van der Waals surface area contributed by atoms with Crippen molar-refractivity contribution in [1.29, 1.82) is 0 Å². The fourth-order valence-electron chi connectivity index (χ4n) is 3.89. The first-order valence-electron chi connectivity index (χ1n) is 9.91. The van der Waals surface area contributed by atoms with Crippen molar-refractivity contribution in [3.05, 3.63) is 82.8 Å². The smallest absolute Gasteiger partial charge is 0.294 e. The number of para-hydroxylation sites is 1. The molecule has 166 valence electrons. The van der Waals surface area contributed by atoms with Gasteiger partial charge in [-0.2, -0.15) is 8.42 Å². The number of amidine groups is 1. The van der Waals surface area contributed by atoms with E-state index >= 15 is 0 Å². The summed E-state index contributed by atoms with van der Waals surface area (Å²) in [6, 6.07) is 11.4. The van der Waals surface area contributed by atoms with E-state index in [-0.39, 0.29) is 27.2 Å². The van der Waals surface area contributed by atoms with E-state index in [4.69, 9.17) is 0 Å². The van der Waals surface area contributed by atoms with Gasteiger partial charge in [-0.05, 0) is 47.0 Å². The number of allylic oxidation sites excluding steroid dienone is 3. The van der Waals surface area contributed by atoms with E-state index in [2.05, 4.69) is 41.9 Å². The topological polar surface area (TPSA) is 70.1 Å². The number of thiophene rings is 1. The van der Waals surface area contributed by atoms with Crippen LogP contribution in [0.1, 0.15) is 19.4 Å². The van der Waals surface area contributed by atoms with Crippen molar-refractivity contribution < 1.29 is 13.2 Å². The first-order chi connectivity index (χ1) is 15.2. The maximum absolute atomic E-state index is 13.0. The molecule has 0 bridgehead atoms. The van der Waals surface area contributed by atoms with Gasteiger partial charge in [-0.3, -0.25) is 9.69 Å². The number of hydrogen-bond acceptors (Lipinski definition) is 6. The van der Waals surface area contributed by atoms with Crippen molar-refractivity contribution >= 4 is 49.9 Å². The van der Waals surface area contributed by atoms with E-state index in [1.807, 2.05) is 25.3 Å². The van der Waals surface area contributed by atoms with Gasteiger partial charge >= 0.3 is 0 Å². The minimum Gasteiger partial charge on any atom is -0.347 e. The van der Waals surface area contributed by atoms with Crippen LogP contribution in [0.3, 0.4) is 0 Å². The Morgan fingerprint density at radius 3 is 2.56 bits per heavy atom. The summed E-state index contributed by atoms with van der Waals surface area (Å²) in [6.07, 6.45) is 5.24. The molecule has 1 aromatic carbocycles. The van der Waals surface area contributed by atoms with Gasteiger partial charge in [0.2, 0.25) is 0 Å². The molecule has 1 saturated heterocycles. The highest BCUT2D eigenvalue weighted by Crippen LogP contribution is 2.46. The number of sulfonamides is 1. The molecule has 0 radical (unpaired) electrons. The normalized spacial score (nSPS) is 21.7. The molecule has 1 fully saturated rings. The van der Waals surface area contributed by atoms with Gasteiger partial charge in [0.1, 0.15) is 4.21 Å². The Hall–Kier alpha value is -2.62. The van der Waals surface area contributed by atoms with Crippen LogP contribution in [0.5, 0.6) is 0 Å². The number of amides is 1. The van der Waals surface area contributed by atoms with Crippen LogP contribution in [0.4, 0.5) is 5.69 Å². The Labute approximate surface area is 196 Å². The Morgan fingerprint density at radius 1 is 1.16 bits per heavy atom.